The van der Waals surface area contributed by atoms with Crippen LogP contribution in [0.5, 0.6) is 0 Å². The van der Waals surface area contributed by atoms with Crippen LogP contribution in [-0.2, 0) is 9.68 Å². The highest BCUT2D eigenvalue weighted by Gasteiger charge is 2.66. The van der Waals surface area contributed by atoms with Gasteiger partial charge in [0.15, 0.2) is 0 Å². The Morgan fingerprint density at radius 3 is 2.07 bits per heavy atom. The Morgan fingerprint density at radius 1 is 1.00 bits per heavy atom. The van der Waals surface area contributed by atoms with Crippen LogP contribution >= 0.6 is 0 Å². The molecule has 9 nitrogen and oxygen atoms in total. The monoisotopic (exact) mass is 385 g/mol. The predicted molar refractivity (Wildman–Crippen MR) is 96.4 cm³/mol. The van der Waals surface area contributed by atoms with E-state index >= 15 is 0 Å². The van der Waals surface area contributed by atoms with Gasteiger partial charge in [0.2, 0.25) is 0 Å². The van der Waals surface area contributed by atoms with E-state index in [9.17, 15) is 20.2 Å². The van der Waals surface area contributed by atoms with E-state index in [1.165, 1.54) is 0 Å². The highest BCUT2D eigenvalue weighted by Crippen LogP contribution is 2.76. The van der Waals surface area contributed by atoms with Crippen molar-refractivity contribution in [2.24, 2.45) is 33.3 Å². The summed E-state index contributed by atoms with van der Waals surface area (Å²) in [5.74, 6) is -0.223. The van der Waals surface area contributed by atoms with Gasteiger partial charge >= 0.3 is 0 Å². The van der Waals surface area contributed by atoms with Crippen molar-refractivity contribution in [1.82, 2.24) is 0 Å². The first-order valence-corrected chi connectivity index (χ1v) is 9.73. The van der Waals surface area contributed by atoms with Gasteiger partial charge in [-0.1, -0.05) is 20.8 Å². The lowest BCUT2D eigenvalue weighted by Crippen LogP contribution is -2.63. The van der Waals surface area contributed by atoms with Crippen molar-refractivity contribution in [3.63, 3.8) is 0 Å². The number of nitrogens with zero attached hydrogens (tertiary/aromatic N) is 2. The molecule has 4 aliphatic carbocycles. The molecule has 0 spiro atoms. The average molecular weight is 385 g/mol. The van der Waals surface area contributed by atoms with Crippen molar-refractivity contribution in [3.8, 4) is 0 Å². The van der Waals surface area contributed by atoms with Crippen LogP contribution in [0.2, 0.25) is 0 Å². The summed E-state index contributed by atoms with van der Waals surface area (Å²) < 4.78 is 0. The molecule has 4 unspecified atom stereocenters. The van der Waals surface area contributed by atoms with E-state index in [0.717, 1.165) is 44.9 Å². The van der Waals surface area contributed by atoms with Gasteiger partial charge < -0.3 is 15.4 Å². The molecule has 4 aliphatic rings. The fourth-order valence-corrected chi connectivity index (χ4v) is 8.00. The zero-order valence-corrected chi connectivity index (χ0v) is 16.4. The fourth-order valence-electron chi connectivity index (χ4n) is 8.00. The molecule has 0 aromatic rings. The molecule has 9 heteroatoms. The van der Waals surface area contributed by atoms with E-state index < -0.39 is 22.9 Å². The van der Waals surface area contributed by atoms with E-state index in [0.29, 0.717) is 6.54 Å². The average Bonchev–Trinajstić information content (AvgIpc) is 2.46. The molecule has 0 aromatic carbocycles. The SMILES string of the molecule is CC(C(CO[N+](=O)[O-])O[N+](=O)[O-])C12CC3(C)CC(C)(CC(CCN)(C3)C1)C2. The van der Waals surface area contributed by atoms with Crippen molar-refractivity contribution in [3.05, 3.63) is 20.2 Å². The van der Waals surface area contributed by atoms with Gasteiger partial charge in [0, 0.05) is 0 Å². The van der Waals surface area contributed by atoms with Crippen LogP contribution in [0.1, 0.15) is 65.7 Å². The minimum absolute atomic E-state index is 0.145. The first kappa shape index (κ1) is 20.1. The highest BCUT2D eigenvalue weighted by atomic mass is 17.0. The zero-order valence-electron chi connectivity index (χ0n) is 16.4. The molecule has 4 saturated carbocycles. The Bertz CT molecular complexity index is 608. The van der Waals surface area contributed by atoms with Gasteiger partial charge in [-0.05, 0) is 79.1 Å². The van der Waals surface area contributed by atoms with E-state index in [1.807, 2.05) is 6.92 Å². The molecule has 0 amide bonds. The second-order valence-corrected chi connectivity index (χ2v) is 10.3. The minimum atomic E-state index is -0.955. The zero-order chi connectivity index (χ0) is 20.1. The quantitative estimate of drug-likeness (QED) is 0.476. The van der Waals surface area contributed by atoms with E-state index in [1.54, 1.807) is 0 Å². The minimum Gasteiger partial charge on any atom is -0.330 e. The molecule has 154 valence electrons. The van der Waals surface area contributed by atoms with Crippen molar-refractivity contribution >= 4 is 0 Å². The second kappa shape index (κ2) is 6.46. The van der Waals surface area contributed by atoms with Crippen LogP contribution in [0.3, 0.4) is 0 Å². The predicted octanol–water partition coefficient (Wildman–Crippen LogP) is 3.12. The Morgan fingerprint density at radius 2 is 1.59 bits per heavy atom. The summed E-state index contributed by atoms with van der Waals surface area (Å²) >= 11 is 0. The van der Waals surface area contributed by atoms with Gasteiger partial charge in [0.1, 0.15) is 12.7 Å². The molecular formula is C18H31N3O6. The molecule has 27 heavy (non-hydrogen) atoms. The van der Waals surface area contributed by atoms with Gasteiger partial charge in [-0.2, -0.15) is 0 Å². The third-order valence-corrected chi connectivity index (χ3v) is 7.51. The number of nitrogens with two attached hydrogens (primary N) is 1. The molecule has 4 atom stereocenters. The fraction of sp³-hybridized carbons (Fsp3) is 1.00. The first-order chi connectivity index (χ1) is 12.4. The van der Waals surface area contributed by atoms with Crippen molar-refractivity contribution in [1.29, 1.82) is 0 Å². The van der Waals surface area contributed by atoms with Crippen LogP contribution in [0.4, 0.5) is 0 Å². The molecule has 0 radical (unpaired) electrons. The van der Waals surface area contributed by atoms with Gasteiger partial charge in [-0.15, -0.1) is 20.2 Å². The van der Waals surface area contributed by atoms with E-state index in [2.05, 4.69) is 18.7 Å². The molecule has 4 fully saturated rings. The molecule has 0 heterocycles. The Labute approximate surface area is 159 Å². The summed E-state index contributed by atoms with van der Waals surface area (Å²) in [4.78, 5) is 31.0. The van der Waals surface area contributed by atoms with Gasteiger partial charge in [-0.25, -0.2) is 0 Å². The lowest BCUT2D eigenvalue weighted by molar-refractivity contribution is -0.792. The molecule has 0 saturated heterocycles. The number of hydrogen-bond donors (Lipinski definition) is 1. The second-order valence-electron chi connectivity index (χ2n) is 10.3. The summed E-state index contributed by atoms with van der Waals surface area (Å²) in [6.07, 6.45) is 6.36. The van der Waals surface area contributed by atoms with Gasteiger partial charge in [0.05, 0.1) is 0 Å². The van der Waals surface area contributed by atoms with Crippen molar-refractivity contribution in [2.75, 3.05) is 13.2 Å². The maximum absolute atomic E-state index is 11.0. The topological polar surface area (TPSA) is 131 Å². The maximum Gasteiger partial charge on any atom is 0.294 e. The third kappa shape index (κ3) is 3.70. The van der Waals surface area contributed by atoms with Crippen molar-refractivity contribution in [2.45, 2.75) is 71.8 Å². The normalized spacial score (nSPS) is 41.8. The molecular weight excluding hydrogens is 354 g/mol. The Balaban J connectivity index is 1.92. The molecule has 0 aliphatic heterocycles. The molecule has 0 aromatic heterocycles. The van der Waals surface area contributed by atoms with Crippen molar-refractivity contribution < 1.29 is 19.8 Å². The summed E-state index contributed by atoms with van der Waals surface area (Å²) in [6, 6.07) is 0. The molecule has 4 rings (SSSR count). The third-order valence-electron chi connectivity index (χ3n) is 7.51. The lowest BCUT2D eigenvalue weighted by Gasteiger charge is -2.71. The molecule has 4 bridgehead atoms. The van der Waals surface area contributed by atoms with Gasteiger partial charge in [-0.3, -0.25) is 0 Å². The summed E-state index contributed by atoms with van der Waals surface area (Å²) in [5, 5.41) is 19.9. The maximum atomic E-state index is 11.0. The summed E-state index contributed by atoms with van der Waals surface area (Å²) in [5.41, 5.74) is 6.32. The van der Waals surface area contributed by atoms with Crippen LogP contribution in [0.25, 0.3) is 0 Å². The largest absolute Gasteiger partial charge is 0.330 e. The molecule has 2 N–H and O–H groups in total. The lowest BCUT2D eigenvalue weighted by atomic mass is 9.34. The number of hydrogen-bond acceptors (Lipinski definition) is 7. The standard InChI is InChI=1S/C18H31N3O6/c1-13(14(27-21(24)25)6-26-20(22)23)18-10-15(2)7-16(3,11-18)9-17(8-15,12-18)4-5-19/h13-14H,4-12,19H2,1-3H3. The summed E-state index contributed by atoms with van der Waals surface area (Å²) in [6.45, 7) is 6.80. The van der Waals surface area contributed by atoms with E-state index in [-0.39, 0.29) is 27.6 Å². The smallest absolute Gasteiger partial charge is 0.294 e. The van der Waals surface area contributed by atoms with Gasteiger partial charge in [0.25, 0.3) is 10.2 Å². The highest BCUT2D eigenvalue weighted by molar-refractivity contribution is 5.16. The van der Waals surface area contributed by atoms with Crippen LogP contribution in [-0.4, -0.2) is 29.4 Å². The van der Waals surface area contributed by atoms with Crippen LogP contribution in [0.15, 0.2) is 0 Å². The Hall–Kier alpha value is -1.64. The number of rotatable bonds is 9. The van der Waals surface area contributed by atoms with E-state index in [4.69, 9.17) is 10.6 Å². The Kier molecular flexibility index (Phi) is 4.81. The van der Waals surface area contributed by atoms with Crippen LogP contribution < -0.4 is 5.73 Å². The van der Waals surface area contributed by atoms with Crippen LogP contribution in [0, 0.1) is 47.8 Å². The first-order valence-electron chi connectivity index (χ1n) is 9.73. The summed E-state index contributed by atoms with van der Waals surface area (Å²) in [7, 11) is 0.